The molecule has 0 aliphatic carbocycles. The average molecular weight is 321 g/mol. The third-order valence-corrected chi connectivity index (χ3v) is 4.98. The highest BCUT2D eigenvalue weighted by Crippen LogP contribution is 2.19. The summed E-state index contributed by atoms with van der Waals surface area (Å²) >= 11 is 0. The Hall–Kier alpha value is -1.44. The van der Waals surface area contributed by atoms with Crippen molar-refractivity contribution in [2.24, 2.45) is 0 Å². The molecule has 128 valence electrons. The molecule has 23 heavy (non-hydrogen) atoms. The zero-order valence-electron chi connectivity index (χ0n) is 13.8. The third-order valence-electron chi connectivity index (χ3n) is 4.98. The van der Waals surface area contributed by atoms with Crippen LogP contribution in [0.2, 0.25) is 0 Å². The molecule has 0 aromatic carbocycles. The highest BCUT2D eigenvalue weighted by atomic mass is 16.3. The summed E-state index contributed by atoms with van der Waals surface area (Å²) in [4.78, 5) is 22.8. The fourth-order valence-corrected chi connectivity index (χ4v) is 3.48. The molecular formula is C16H27N5O2. The van der Waals surface area contributed by atoms with Crippen molar-refractivity contribution in [1.29, 1.82) is 0 Å². The smallest absolute Gasteiger partial charge is 0.222 e. The summed E-state index contributed by atoms with van der Waals surface area (Å²) in [7, 11) is 2.12. The highest BCUT2D eigenvalue weighted by molar-refractivity contribution is 5.76. The molecule has 7 heteroatoms. The molecule has 2 fully saturated rings. The first-order chi connectivity index (χ1) is 11.1. The minimum absolute atomic E-state index is 0.0984. The van der Waals surface area contributed by atoms with E-state index in [4.69, 9.17) is 0 Å². The number of β-amino-alcohol motifs (C(OH)–C–C–N with tert-alkyl or cyclic N) is 1. The van der Waals surface area contributed by atoms with Crippen LogP contribution in [0, 0.1) is 0 Å². The van der Waals surface area contributed by atoms with Crippen LogP contribution in [0.15, 0.2) is 18.7 Å². The highest BCUT2D eigenvalue weighted by Gasteiger charge is 2.37. The van der Waals surface area contributed by atoms with Crippen LogP contribution in [0.1, 0.15) is 12.8 Å². The molecule has 0 spiro atoms. The molecule has 0 radical (unpaired) electrons. The zero-order chi connectivity index (χ0) is 16.2. The van der Waals surface area contributed by atoms with Gasteiger partial charge in [0, 0.05) is 64.6 Å². The van der Waals surface area contributed by atoms with Gasteiger partial charge in [0.2, 0.25) is 5.91 Å². The molecule has 3 heterocycles. The Morgan fingerprint density at radius 1 is 1.26 bits per heavy atom. The molecule has 2 atom stereocenters. The van der Waals surface area contributed by atoms with Crippen molar-refractivity contribution in [3.63, 3.8) is 0 Å². The Bertz CT molecular complexity index is 499. The van der Waals surface area contributed by atoms with E-state index in [1.807, 2.05) is 15.7 Å². The summed E-state index contributed by atoms with van der Waals surface area (Å²) in [6, 6.07) is 0.0984. The first-order valence-corrected chi connectivity index (χ1v) is 8.47. The fourth-order valence-electron chi connectivity index (χ4n) is 3.48. The molecule has 0 unspecified atom stereocenters. The third kappa shape index (κ3) is 4.10. The number of aliphatic hydroxyl groups excluding tert-OH is 1. The lowest BCUT2D eigenvalue weighted by Crippen LogP contribution is -2.52. The van der Waals surface area contributed by atoms with Gasteiger partial charge in [-0.3, -0.25) is 9.69 Å². The molecule has 7 nitrogen and oxygen atoms in total. The maximum Gasteiger partial charge on any atom is 0.222 e. The van der Waals surface area contributed by atoms with Crippen molar-refractivity contribution in [1.82, 2.24) is 24.3 Å². The molecule has 2 aliphatic heterocycles. The van der Waals surface area contributed by atoms with Crippen LogP contribution in [-0.4, -0.2) is 93.7 Å². The molecule has 0 saturated carbocycles. The summed E-state index contributed by atoms with van der Waals surface area (Å²) in [5.41, 5.74) is 0. The maximum atomic E-state index is 12.4. The van der Waals surface area contributed by atoms with Crippen molar-refractivity contribution < 1.29 is 9.90 Å². The van der Waals surface area contributed by atoms with E-state index in [0.717, 1.165) is 39.1 Å². The summed E-state index contributed by atoms with van der Waals surface area (Å²) < 4.78 is 1.99. The summed E-state index contributed by atoms with van der Waals surface area (Å²) in [5.74, 6) is 0.154. The lowest BCUT2D eigenvalue weighted by atomic mass is 10.1. The fraction of sp³-hybridized carbons (Fsp3) is 0.750. The van der Waals surface area contributed by atoms with E-state index in [-0.39, 0.29) is 11.9 Å². The first kappa shape index (κ1) is 16.4. The SMILES string of the molecule is CN1CCN([C@@H]2CN(C(=O)CCCn3ccnc3)C[C@H]2O)CC1. The van der Waals surface area contributed by atoms with Gasteiger partial charge in [0.15, 0.2) is 0 Å². The van der Waals surface area contributed by atoms with Gasteiger partial charge in [-0.05, 0) is 13.5 Å². The number of imidazole rings is 1. The van der Waals surface area contributed by atoms with E-state index in [9.17, 15) is 9.90 Å². The summed E-state index contributed by atoms with van der Waals surface area (Å²) in [6.07, 6.45) is 6.35. The van der Waals surface area contributed by atoms with Crippen molar-refractivity contribution in [2.75, 3.05) is 46.3 Å². The van der Waals surface area contributed by atoms with Gasteiger partial charge in [-0.15, -0.1) is 0 Å². The van der Waals surface area contributed by atoms with E-state index >= 15 is 0 Å². The average Bonchev–Trinajstić information content (AvgIpc) is 3.18. The number of aryl methyl sites for hydroxylation is 1. The standard InChI is InChI=1S/C16H27N5O2/c1-18-7-9-20(10-8-18)14-11-21(12-15(14)22)16(23)3-2-5-19-6-4-17-13-19/h4,6,13-15,22H,2-3,5,7-12H2,1H3/t14-,15-/m1/s1. The molecule has 1 amide bonds. The molecule has 1 aromatic rings. The number of likely N-dealkylation sites (N-methyl/N-ethyl adjacent to an activating group) is 1. The number of aliphatic hydroxyl groups is 1. The van der Waals surface area contributed by atoms with Gasteiger partial charge < -0.3 is 19.5 Å². The van der Waals surface area contributed by atoms with Crippen LogP contribution in [0.25, 0.3) is 0 Å². The van der Waals surface area contributed by atoms with Crippen molar-refractivity contribution in [3.8, 4) is 0 Å². The van der Waals surface area contributed by atoms with Crippen LogP contribution in [-0.2, 0) is 11.3 Å². The lowest BCUT2D eigenvalue weighted by molar-refractivity contribution is -0.130. The monoisotopic (exact) mass is 321 g/mol. The molecule has 2 aliphatic rings. The van der Waals surface area contributed by atoms with Gasteiger partial charge >= 0.3 is 0 Å². The Labute approximate surface area is 137 Å². The Morgan fingerprint density at radius 3 is 2.74 bits per heavy atom. The Morgan fingerprint density at radius 2 is 2.04 bits per heavy atom. The summed E-state index contributed by atoms with van der Waals surface area (Å²) in [6.45, 7) is 5.95. The molecular weight excluding hydrogens is 294 g/mol. The number of carbonyl (C=O) groups excluding carboxylic acids is 1. The Balaban J connectivity index is 1.44. The van der Waals surface area contributed by atoms with Gasteiger partial charge in [0.05, 0.1) is 18.5 Å². The van der Waals surface area contributed by atoms with Crippen molar-refractivity contribution in [3.05, 3.63) is 18.7 Å². The lowest BCUT2D eigenvalue weighted by Gasteiger charge is -2.37. The number of amides is 1. The Kier molecular flexibility index (Phi) is 5.30. The molecule has 1 aromatic heterocycles. The number of aromatic nitrogens is 2. The van der Waals surface area contributed by atoms with E-state index in [1.54, 1.807) is 12.5 Å². The van der Waals surface area contributed by atoms with Crippen LogP contribution < -0.4 is 0 Å². The number of likely N-dealkylation sites (tertiary alicyclic amines) is 1. The van der Waals surface area contributed by atoms with Crippen LogP contribution >= 0.6 is 0 Å². The van der Waals surface area contributed by atoms with Gasteiger partial charge in [-0.1, -0.05) is 0 Å². The molecule has 2 saturated heterocycles. The predicted molar refractivity (Wildman–Crippen MR) is 86.9 cm³/mol. The van der Waals surface area contributed by atoms with E-state index < -0.39 is 6.10 Å². The van der Waals surface area contributed by atoms with E-state index in [0.29, 0.717) is 19.5 Å². The summed E-state index contributed by atoms with van der Waals surface area (Å²) in [5, 5.41) is 10.3. The quantitative estimate of drug-likeness (QED) is 0.791. The van der Waals surface area contributed by atoms with Crippen LogP contribution in [0.5, 0.6) is 0 Å². The predicted octanol–water partition coefficient (Wildman–Crippen LogP) is -0.518. The maximum absolute atomic E-state index is 12.4. The van der Waals surface area contributed by atoms with Gasteiger partial charge in [0.25, 0.3) is 0 Å². The minimum atomic E-state index is -0.420. The number of hydrogen-bond acceptors (Lipinski definition) is 5. The topological polar surface area (TPSA) is 64.8 Å². The second-order valence-corrected chi connectivity index (χ2v) is 6.68. The van der Waals surface area contributed by atoms with Gasteiger partial charge in [-0.25, -0.2) is 4.98 Å². The number of piperazine rings is 1. The molecule has 0 bridgehead atoms. The zero-order valence-corrected chi connectivity index (χ0v) is 13.8. The second-order valence-electron chi connectivity index (χ2n) is 6.68. The van der Waals surface area contributed by atoms with Crippen molar-refractivity contribution >= 4 is 5.91 Å². The van der Waals surface area contributed by atoms with Gasteiger partial charge in [-0.2, -0.15) is 0 Å². The minimum Gasteiger partial charge on any atom is -0.390 e. The van der Waals surface area contributed by atoms with Crippen LogP contribution in [0.4, 0.5) is 0 Å². The number of hydrogen-bond donors (Lipinski definition) is 1. The largest absolute Gasteiger partial charge is 0.390 e. The van der Waals surface area contributed by atoms with Crippen LogP contribution in [0.3, 0.4) is 0 Å². The number of rotatable bonds is 5. The molecule has 3 rings (SSSR count). The van der Waals surface area contributed by atoms with Gasteiger partial charge in [0.1, 0.15) is 0 Å². The molecule has 1 N–H and O–H groups in total. The normalized spacial score (nSPS) is 26.8. The number of nitrogens with zero attached hydrogens (tertiary/aromatic N) is 5. The van der Waals surface area contributed by atoms with E-state index in [1.165, 1.54) is 0 Å². The van der Waals surface area contributed by atoms with Crippen molar-refractivity contribution in [2.45, 2.75) is 31.5 Å². The first-order valence-electron chi connectivity index (χ1n) is 8.47. The number of carbonyl (C=O) groups is 1. The van der Waals surface area contributed by atoms with E-state index in [2.05, 4.69) is 21.8 Å². The second kappa shape index (κ2) is 7.42.